The highest BCUT2D eigenvalue weighted by atomic mass is 35.5. The average molecular weight is 483 g/mol. The Morgan fingerprint density at radius 1 is 0.853 bits per heavy atom. The molecule has 1 heterocycles. The van der Waals surface area contributed by atoms with Gasteiger partial charge in [-0.15, -0.1) is 0 Å². The first kappa shape index (κ1) is 23.6. The fourth-order valence-corrected chi connectivity index (χ4v) is 3.96. The van der Waals surface area contributed by atoms with Gasteiger partial charge in [0.2, 0.25) is 0 Å². The Bertz CT molecular complexity index is 1270. The highest BCUT2D eigenvalue weighted by molar-refractivity contribution is 6.31. The van der Waals surface area contributed by atoms with Crippen LogP contribution in [0.4, 0.5) is 13.2 Å². The van der Waals surface area contributed by atoms with Crippen LogP contribution in [0.5, 0.6) is 0 Å². The smallest absolute Gasteiger partial charge is 0.345 e. The van der Waals surface area contributed by atoms with Crippen LogP contribution in [0, 0.1) is 0 Å². The molecule has 7 heteroatoms. The molecule has 0 atom stereocenters. The second-order valence-electron chi connectivity index (χ2n) is 7.94. The zero-order valence-electron chi connectivity index (χ0n) is 18.2. The van der Waals surface area contributed by atoms with E-state index in [0.29, 0.717) is 11.6 Å². The van der Waals surface area contributed by atoms with Crippen LogP contribution in [0.3, 0.4) is 0 Å². The van der Waals surface area contributed by atoms with Gasteiger partial charge in [0, 0.05) is 35.6 Å². The van der Waals surface area contributed by atoms with Gasteiger partial charge in [-0.25, -0.2) is 0 Å². The Morgan fingerprint density at radius 2 is 1.59 bits per heavy atom. The van der Waals surface area contributed by atoms with Crippen LogP contribution in [0.2, 0.25) is 5.02 Å². The molecule has 0 N–H and O–H groups in total. The Kier molecular flexibility index (Phi) is 7.08. The minimum Gasteiger partial charge on any atom is -0.345 e. The van der Waals surface area contributed by atoms with E-state index in [0.717, 1.165) is 29.0 Å². The Hall–Kier alpha value is -3.51. The summed E-state index contributed by atoms with van der Waals surface area (Å²) in [6.07, 6.45) is -2.63. The van der Waals surface area contributed by atoms with Crippen LogP contribution in [0.25, 0.3) is 0 Å². The van der Waals surface area contributed by atoms with Crippen LogP contribution in [0.1, 0.15) is 32.7 Å². The summed E-state index contributed by atoms with van der Waals surface area (Å²) in [5.41, 5.74) is 1.80. The number of alkyl halides is 3. The molecule has 0 aliphatic heterocycles. The van der Waals surface area contributed by atoms with Crippen molar-refractivity contribution in [2.75, 3.05) is 0 Å². The fraction of sp³-hybridized carbons (Fsp3) is 0.148. The number of benzene rings is 3. The molecule has 0 saturated heterocycles. The van der Waals surface area contributed by atoms with Crippen LogP contribution in [0.15, 0.2) is 97.2 Å². The minimum absolute atomic E-state index is 0.00466. The van der Waals surface area contributed by atoms with E-state index in [-0.39, 0.29) is 18.7 Å². The number of nitrogens with zero attached hydrogens (tertiary/aromatic N) is 2. The maximum atomic E-state index is 13.4. The van der Waals surface area contributed by atoms with E-state index in [1.807, 2.05) is 77.5 Å². The number of amides is 1. The molecule has 174 valence electrons. The molecule has 0 aliphatic rings. The van der Waals surface area contributed by atoms with E-state index in [4.69, 9.17) is 11.6 Å². The van der Waals surface area contributed by atoms with Gasteiger partial charge in [0.1, 0.15) is 0 Å². The van der Waals surface area contributed by atoms with Crippen molar-refractivity contribution in [1.29, 1.82) is 0 Å². The van der Waals surface area contributed by atoms with Gasteiger partial charge in [-0.05, 0) is 47.5 Å². The minimum atomic E-state index is -4.52. The van der Waals surface area contributed by atoms with Crippen LogP contribution >= 0.6 is 11.6 Å². The largest absolute Gasteiger partial charge is 0.416 e. The first-order chi connectivity index (χ1) is 16.3. The van der Waals surface area contributed by atoms with Crippen LogP contribution in [-0.4, -0.2) is 15.4 Å². The lowest BCUT2D eigenvalue weighted by atomic mass is 10.1. The number of carbonyl (C=O) groups excluding carboxylic acids is 1. The monoisotopic (exact) mass is 482 g/mol. The van der Waals surface area contributed by atoms with Crippen molar-refractivity contribution in [3.8, 4) is 0 Å². The molecule has 0 radical (unpaired) electrons. The molecule has 0 bridgehead atoms. The highest BCUT2D eigenvalue weighted by Gasteiger charge is 2.31. The van der Waals surface area contributed by atoms with E-state index in [1.165, 1.54) is 12.1 Å². The molecule has 0 unspecified atom stereocenters. The lowest BCUT2D eigenvalue weighted by molar-refractivity contribution is -0.137. The normalized spacial score (nSPS) is 11.4. The SMILES string of the molecule is O=C(c1cccc(C(F)(F)F)c1)N(Cc1ccccc1)Cc1cccn1Cc1ccccc1Cl. The molecular formula is C27H22ClF3N2O. The number of hydrogen-bond acceptors (Lipinski definition) is 1. The Balaban J connectivity index is 1.64. The molecule has 0 saturated carbocycles. The number of halogens is 4. The van der Waals surface area contributed by atoms with Crippen molar-refractivity contribution in [1.82, 2.24) is 9.47 Å². The third kappa shape index (κ3) is 5.69. The van der Waals surface area contributed by atoms with Crippen molar-refractivity contribution < 1.29 is 18.0 Å². The van der Waals surface area contributed by atoms with Crippen molar-refractivity contribution >= 4 is 17.5 Å². The molecule has 3 nitrogen and oxygen atoms in total. The second-order valence-corrected chi connectivity index (χ2v) is 8.35. The summed E-state index contributed by atoms with van der Waals surface area (Å²) in [5, 5.41) is 0.642. The molecule has 0 aliphatic carbocycles. The molecule has 4 rings (SSSR count). The number of aromatic nitrogens is 1. The van der Waals surface area contributed by atoms with E-state index in [1.54, 1.807) is 4.90 Å². The number of carbonyl (C=O) groups is 1. The summed E-state index contributed by atoms with van der Waals surface area (Å²) in [4.78, 5) is 15.0. The van der Waals surface area contributed by atoms with Gasteiger partial charge in [-0.2, -0.15) is 13.2 Å². The van der Waals surface area contributed by atoms with E-state index >= 15 is 0 Å². The van der Waals surface area contributed by atoms with Gasteiger partial charge < -0.3 is 9.47 Å². The van der Waals surface area contributed by atoms with Gasteiger partial charge in [-0.1, -0.05) is 66.2 Å². The van der Waals surface area contributed by atoms with Crippen molar-refractivity contribution in [2.45, 2.75) is 25.8 Å². The molecule has 4 aromatic rings. The number of rotatable bonds is 7. The maximum absolute atomic E-state index is 13.4. The van der Waals surface area contributed by atoms with Crippen molar-refractivity contribution in [3.05, 3.63) is 130 Å². The highest BCUT2D eigenvalue weighted by Crippen LogP contribution is 2.30. The van der Waals surface area contributed by atoms with Gasteiger partial charge >= 0.3 is 6.18 Å². The Labute approximate surface area is 201 Å². The molecule has 1 amide bonds. The average Bonchev–Trinajstić information content (AvgIpc) is 3.26. The standard InChI is InChI=1S/C27H22ClF3N2O/c28-25-14-5-4-10-22(25)18-32-15-7-13-24(32)19-33(17-20-8-2-1-3-9-20)26(34)21-11-6-12-23(16-21)27(29,30)31/h1-16H,17-19H2. The molecule has 1 aromatic heterocycles. The zero-order valence-corrected chi connectivity index (χ0v) is 18.9. The molecule has 0 fully saturated rings. The zero-order chi connectivity index (χ0) is 24.1. The Morgan fingerprint density at radius 3 is 2.32 bits per heavy atom. The summed E-state index contributed by atoms with van der Waals surface area (Å²) >= 11 is 6.32. The van der Waals surface area contributed by atoms with Gasteiger partial charge in [0.25, 0.3) is 5.91 Å². The lowest BCUT2D eigenvalue weighted by Gasteiger charge is -2.24. The topological polar surface area (TPSA) is 25.2 Å². The van der Waals surface area contributed by atoms with Crippen molar-refractivity contribution in [2.24, 2.45) is 0 Å². The first-order valence-electron chi connectivity index (χ1n) is 10.7. The lowest BCUT2D eigenvalue weighted by Crippen LogP contribution is -2.31. The molecular weight excluding hydrogens is 461 g/mol. The molecule has 0 spiro atoms. The van der Waals surface area contributed by atoms with E-state index in [9.17, 15) is 18.0 Å². The van der Waals surface area contributed by atoms with E-state index in [2.05, 4.69) is 0 Å². The van der Waals surface area contributed by atoms with Crippen LogP contribution in [-0.2, 0) is 25.8 Å². The van der Waals surface area contributed by atoms with Crippen molar-refractivity contribution in [3.63, 3.8) is 0 Å². The fourth-order valence-electron chi connectivity index (χ4n) is 3.77. The maximum Gasteiger partial charge on any atom is 0.416 e. The van der Waals surface area contributed by atoms with Crippen LogP contribution < -0.4 is 0 Å². The third-order valence-corrected chi connectivity index (χ3v) is 5.88. The van der Waals surface area contributed by atoms with Gasteiger partial charge in [0.05, 0.1) is 12.1 Å². The second kappa shape index (κ2) is 10.2. The molecule has 3 aromatic carbocycles. The summed E-state index contributed by atoms with van der Waals surface area (Å²) in [6.45, 7) is 0.994. The summed E-state index contributed by atoms with van der Waals surface area (Å²) < 4.78 is 41.7. The summed E-state index contributed by atoms with van der Waals surface area (Å²) in [6, 6.07) is 25.2. The van der Waals surface area contributed by atoms with Gasteiger partial charge in [-0.3, -0.25) is 4.79 Å². The third-order valence-electron chi connectivity index (χ3n) is 5.52. The van der Waals surface area contributed by atoms with Gasteiger partial charge in [0.15, 0.2) is 0 Å². The predicted octanol–water partition coefficient (Wildman–Crippen LogP) is 7.05. The van der Waals surface area contributed by atoms with E-state index < -0.39 is 17.6 Å². The quantitative estimate of drug-likeness (QED) is 0.277. The molecule has 34 heavy (non-hydrogen) atoms. The number of hydrogen-bond donors (Lipinski definition) is 0. The predicted molar refractivity (Wildman–Crippen MR) is 126 cm³/mol. The summed E-state index contributed by atoms with van der Waals surface area (Å²) in [7, 11) is 0. The summed E-state index contributed by atoms with van der Waals surface area (Å²) in [5.74, 6) is -0.472. The first-order valence-corrected chi connectivity index (χ1v) is 11.1.